The van der Waals surface area contributed by atoms with Crippen molar-refractivity contribution in [1.29, 1.82) is 5.26 Å². The molecule has 2 aromatic carbocycles. The zero-order valence-electron chi connectivity index (χ0n) is 11.8. The zero-order chi connectivity index (χ0) is 15.5. The van der Waals surface area contributed by atoms with E-state index in [4.69, 9.17) is 4.74 Å². The molecule has 0 aromatic heterocycles. The molecule has 1 atom stereocenters. The van der Waals surface area contributed by atoms with Crippen molar-refractivity contribution in [2.24, 2.45) is 0 Å². The molecule has 0 N–H and O–H groups in total. The Hall–Kier alpha value is -2.32. The van der Waals surface area contributed by atoms with E-state index in [-0.39, 0.29) is 4.90 Å². The third-order valence-electron chi connectivity index (χ3n) is 3.20. The maximum absolute atomic E-state index is 12.7. The number of para-hydroxylation sites is 1. The van der Waals surface area contributed by atoms with Crippen LogP contribution in [0.15, 0.2) is 53.4 Å². The van der Waals surface area contributed by atoms with Crippen molar-refractivity contribution in [1.82, 2.24) is 0 Å². The molecule has 0 aliphatic heterocycles. The fourth-order valence-corrected chi connectivity index (χ4v) is 3.51. The van der Waals surface area contributed by atoms with Crippen LogP contribution < -0.4 is 4.74 Å². The van der Waals surface area contributed by atoms with Gasteiger partial charge in [0.15, 0.2) is 15.1 Å². The topological polar surface area (TPSA) is 67.2 Å². The van der Waals surface area contributed by atoms with E-state index in [9.17, 15) is 13.7 Å². The molecule has 0 heterocycles. The van der Waals surface area contributed by atoms with Crippen LogP contribution in [0.4, 0.5) is 0 Å². The summed E-state index contributed by atoms with van der Waals surface area (Å²) in [6, 6.07) is 15.0. The van der Waals surface area contributed by atoms with Gasteiger partial charge >= 0.3 is 0 Å². The van der Waals surface area contributed by atoms with Gasteiger partial charge in [-0.05, 0) is 25.1 Å². The van der Waals surface area contributed by atoms with E-state index in [1.807, 2.05) is 13.0 Å². The molecule has 2 rings (SSSR count). The summed E-state index contributed by atoms with van der Waals surface area (Å²) in [4.78, 5) is 0.130. The van der Waals surface area contributed by atoms with Crippen LogP contribution in [0.25, 0.3) is 0 Å². The van der Waals surface area contributed by atoms with E-state index in [2.05, 4.69) is 0 Å². The van der Waals surface area contributed by atoms with E-state index in [0.717, 1.165) is 5.56 Å². The lowest BCUT2D eigenvalue weighted by Crippen LogP contribution is -2.13. The predicted octanol–water partition coefficient (Wildman–Crippen LogP) is 3.04. The minimum atomic E-state index is -3.79. The molecule has 0 fully saturated rings. The van der Waals surface area contributed by atoms with Crippen LogP contribution in [-0.2, 0) is 9.84 Å². The second kappa shape index (κ2) is 5.98. The van der Waals surface area contributed by atoms with Crippen LogP contribution in [-0.4, -0.2) is 15.5 Å². The SMILES string of the molecule is COc1ccccc1C(C#N)S(=O)(=O)c1ccc(C)cc1. The quantitative estimate of drug-likeness (QED) is 0.870. The largest absolute Gasteiger partial charge is 0.496 e. The highest BCUT2D eigenvalue weighted by atomic mass is 32.2. The zero-order valence-corrected chi connectivity index (χ0v) is 12.6. The highest BCUT2D eigenvalue weighted by Crippen LogP contribution is 2.33. The monoisotopic (exact) mass is 301 g/mol. The van der Waals surface area contributed by atoms with Crippen LogP contribution in [0.3, 0.4) is 0 Å². The Balaban J connectivity index is 2.55. The summed E-state index contributed by atoms with van der Waals surface area (Å²) in [5, 5.41) is 8.07. The Bertz CT molecular complexity index is 774. The molecule has 0 saturated carbocycles. The highest BCUT2D eigenvalue weighted by Gasteiger charge is 2.31. The number of hydrogen-bond acceptors (Lipinski definition) is 4. The molecule has 0 aliphatic rings. The summed E-state index contributed by atoms with van der Waals surface area (Å²) in [6.07, 6.45) is 0. The molecule has 21 heavy (non-hydrogen) atoms. The lowest BCUT2D eigenvalue weighted by atomic mass is 10.1. The first-order valence-electron chi connectivity index (χ1n) is 6.34. The Morgan fingerprint density at radius 3 is 2.29 bits per heavy atom. The van der Waals surface area contributed by atoms with Gasteiger partial charge in [0.25, 0.3) is 0 Å². The first kappa shape index (κ1) is 15.1. The van der Waals surface area contributed by atoms with Crippen molar-refractivity contribution in [2.75, 3.05) is 7.11 Å². The summed E-state index contributed by atoms with van der Waals surface area (Å²) in [5.74, 6) is 0.389. The lowest BCUT2D eigenvalue weighted by Gasteiger charge is -2.14. The van der Waals surface area contributed by atoms with Crippen molar-refractivity contribution in [2.45, 2.75) is 17.1 Å². The maximum atomic E-state index is 12.7. The average molecular weight is 301 g/mol. The van der Waals surface area contributed by atoms with Crippen LogP contribution in [0.5, 0.6) is 5.75 Å². The van der Waals surface area contributed by atoms with E-state index in [1.54, 1.807) is 36.4 Å². The van der Waals surface area contributed by atoms with Gasteiger partial charge in [0.1, 0.15) is 5.75 Å². The van der Waals surface area contributed by atoms with E-state index in [1.165, 1.54) is 19.2 Å². The molecule has 5 heteroatoms. The van der Waals surface area contributed by atoms with Crippen LogP contribution in [0.2, 0.25) is 0 Å². The van der Waals surface area contributed by atoms with Crippen molar-refractivity contribution < 1.29 is 13.2 Å². The maximum Gasteiger partial charge on any atom is 0.198 e. The Morgan fingerprint density at radius 2 is 1.71 bits per heavy atom. The molecule has 1 unspecified atom stereocenters. The van der Waals surface area contributed by atoms with Gasteiger partial charge in [-0.1, -0.05) is 35.9 Å². The summed E-state index contributed by atoms with van der Waals surface area (Å²) in [6.45, 7) is 1.87. The fraction of sp³-hybridized carbons (Fsp3) is 0.188. The number of methoxy groups -OCH3 is 1. The number of aryl methyl sites for hydroxylation is 1. The average Bonchev–Trinajstić information content (AvgIpc) is 2.48. The van der Waals surface area contributed by atoms with Gasteiger partial charge in [-0.25, -0.2) is 8.42 Å². The van der Waals surface area contributed by atoms with E-state index >= 15 is 0 Å². The van der Waals surface area contributed by atoms with E-state index < -0.39 is 15.1 Å². The van der Waals surface area contributed by atoms with Crippen LogP contribution in [0, 0.1) is 18.3 Å². The van der Waals surface area contributed by atoms with Crippen LogP contribution >= 0.6 is 0 Å². The minimum absolute atomic E-state index is 0.130. The molecule has 0 bridgehead atoms. The van der Waals surface area contributed by atoms with Gasteiger partial charge in [0.05, 0.1) is 18.1 Å². The molecule has 0 spiro atoms. The van der Waals surface area contributed by atoms with Crippen molar-refractivity contribution >= 4 is 9.84 Å². The highest BCUT2D eigenvalue weighted by molar-refractivity contribution is 7.92. The molecule has 4 nitrogen and oxygen atoms in total. The van der Waals surface area contributed by atoms with Gasteiger partial charge < -0.3 is 4.74 Å². The molecule has 0 amide bonds. The smallest absolute Gasteiger partial charge is 0.198 e. The lowest BCUT2D eigenvalue weighted by molar-refractivity contribution is 0.410. The van der Waals surface area contributed by atoms with Gasteiger partial charge in [-0.2, -0.15) is 5.26 Å². The Labute approximate surface area is 124 Å². The molecule has 2 aromatic rings. The molecular formula is C16H15NO3S. The van der Waals surface area contributed by atoms with Crippen molar-refractivity contribution in [3.63, 3.8) is 0 Å². The first-order chi connectivity index (χ1) is 10.0. The normalized spacial score (nSPS) is 12.4. The molecule has 0 radical (unpaired) electrons. The number of benzene rings is 2. The Kier molecular flexibility index (Phi) is 4.29. The van der Waals surface area contributed by atoms with Crippen LogP contribution in [0.1, 0.15) is 16.4 Å². The van der Waals surface area contributed by atoms with Crippen molar-refractivity contribution in [3.05, 3.63) is 59.7 Å². The van der Waals surface area contributed by atoms with E-state index in [0.29, 0.717) is 11.3 Å². The summed E-state index contributed by atoms with van der Waals surface area (Å²) in [7, 11) is -2.34. The second-order valence-corrected chi connectivity index (χ2v) is 6.64. The number of hydrogen-bond donors (Lipinski definition) is 0. The number of sulfone groups is 1. The van der Waals surface area contributed by atoms with Gasteiger partial charge in [0, 0.05) is 5.56 Å². The summed E-state index contributed by atoms with van der Waals surface area (Å²) >= 11 is 0. The van der Waals surface area contributed by atoms with Crippen molar-refractivity contribution in [3.8, 4) is 11.8 Å². The molecule has 108 valence electrons. The van der Waals surface area contributed by atoms with Gasteiger partial charge in [0.2, 0.25) is 0 Å². The predicted molar refractivity (Wildman–Crippen MR) is 79.7 cm³/mol. The number of rotatable bonds is 4. The number of ether oxygens (including phenoxy) is 1. The third-order valence-corrected chi connectivity index (χ3v) is 5.11. The fourth-order valence-electron chi connectivity index (χ4n) is 2.05. The Morgan fingerprint density at radius 1 is 1.10 bits per heavy atom. The molecule has 0 aliphatic carbocycles. The standard InChI is InChI=1S/C16H15NO3S/c1-12-7-9-13(10-8-12)21(18,19)16(11-17)14-5-3-4-6-15(14)20-2/h3-10,16H,1-2H3. The molecule has 0 saturated heterocycles. The molecular weight excluding hydrogens is 286 g/mol. The minimum Gasteiger partial charge on any atom is -0.496 e. The number of nitrogens with zero attached hydrogens (tertiary/aromatic N) is 1. The number of nitriles is 1. The summed E-state index contributed by atoms with van der Waals surface area (Å²) < 4.78 is 30.5. The second-order valence-electron chi connectivity index (χ2n) is 4.61. The van der Waals surface area contributed by atoms with Gasteiger partial charge in [-0.15, -0.1) is 0 Å². The summed E-state index contributed by atoms with van der Waals surface area (Å²) in [5.41, 5.74) is 1.31. The first-order valence-corrected chi connectivity index (χ1v) is 7.88. The third kappa shape index (κ3) is 2.91. The van der Waals surface area contributed by atoms with Gasteiger partial charge in [-0.3, -0.25) is 0 Å².